The first-order valence-electron chi connectivity index (χ1n) is 20.1. The Labute approximate surface area is 306 Å². The van der Waals surface area contributed by atoms with Crippen molar-refractivity contribution in [2.75, 3.05) is 6.54 Å². The SMILES string of the molecule is CC/C=C\C/C=C\C/C=C\C(CCCCCCCCC(=O)NCC(=O)O)OC(=O)CCCCCCCC/C=C\C/C=C\C/C=C\CCCCC. The summed E-state index contributed by atoms with van der Waals surface area (Å²) in [7, 11) is 0. The van der Waals surface area contributed by atoms with Crippen molar-refractivity contribution in [3.8, 4) is 0 Å². The third-order valence-electron chi connectivity index (χ3n) is 8.35. The Morgan fingerprint density at radius 1 is 0.560 bits per heavy atom. The molecular weight excluding hydrogens is 622 g/mol. The number of hydrogen-bond acceptors (Lipinski definition) is 4. The lowest BCUT2D eigenvalue weighted by atomic mass is 10.1. The molecule has 284 valence electrons. The summed E-state index contributed by atoms with van der Waals surface area (Å²) in [5.74, 6) is -1.32. The number of rotatable bonds is 35. The van der Waals surface area contributed by atoms with Crippen LogP contribution in [0.2, 0.25) is 0 Å². The Bertz CT molecular complexity index is 990. The van der Waals surface area contributed by atoms with E-state index in [1.807, 2.05) is 0 Å². The van der Waals surface area contributed by atoms with Crippen LogP contribution in [0.4, 0.5) is 0 Å². The predicted octanol–water partition coefficient (Wildman–Crippen LogP) is 12.2. The van der Waals surface area contributed by atoms with Gasteiger partial charge in [0.05, 0.1) is 0 Å². The number of carbonyl (C=O) groups excluding carboxylic acids is 2. The van der Waals surface area contributed by atoms with E-state index in [0.717, 1.165) is 96.3 Å². The van der Waals surface area contributed by atoms with E-state index in [-0.39, 0.29) is 24.5 Å². The minimum Gasteiger partial charge on any atom is -0.480 e. The predicted molar refractivity (Wildman–Crippen MR) is 212 cm³/mol. The molecule has 0 heterocycles. The highest BCUT2D eigenvalue weighted by atomic mass is 16.5. The summed E-state index contributed by atoms with van der Waals surface area (Å²) in [4.78, 5) is 34.8. The molecule has 0 aliphatic carbocycles. The smallest absolute Gasteiger partial charge is 0.322 e. The first-order valence-corrected chi connectivity index (χ1v) is 20.1. The van der Waals surface area contributed by atoms with Gasteiger partial charge in [-0.05, 0) is 89.5 Å². The van der Waals surface area contributed by atoms with Crippen LogP contribution in [0, 0.1) is 0 Å². The van der Waals surface area contributed by atoms with Crippen LogP contribution < -0.4 is 5.32 Å². The number of allylic oxidation sites excluding steroid dienone is 11. The van der Waals surface area contributed by atoms with Gasteiger partial charge in [0.15, 0.2) is 0 Å². The number of hydrogen-bond donors (Lipinski definition) is 2. The molecular formula is C44H73NO5. The Morgan fingerprint density at radius 3 is 1.62 bits per heavy atom. The van der Waals surface area contributed by atoms with Gasteiger partial charge in [0, 0.05) is 12.8 Å². The van der Waals surface area contributed by atoms with Gasteiger partial charge in [-0.25, -0.2) is 0 Å². The quantitative estimate of drug-likeness (QED) is 0.0391. The van der Waals surface area contributed by atoms with Crippen molar-refractivity contribution in [2.45, 2.75) is 180 Å². The second kappa shape index (κ2) is 38.6. The van der Waals surface area contributed by atoms with E-state index in [1.54, 1.807) is 0 Å². The normalized spacial score (nSPS) is 12.8. The molecule has 1 atom stereocenters. The maximum atomic E-state index is 12.7. The molecule has 0 spiro atoms. The average Bonchev–Trinajstić information content (AvgIpc) is 3.10. The van der Waals surface area contributed by atoms with Crippen molar-refractivity contribution in [3.05, 3.63) is 72.9 Å². The van der Waals surface area contributed by atoms with Crippen LogP contribution in [-0.2, 0) is 19.1 Å². The van der Waals surface area contributed by atoms with Gasteiger partial charge in [-0.2, -0.15) is 0 Å². The molecule has 0 fully saturated rings. The van der Waals surface area contributed by atoms with Crippen molar-refractivity contribution < 1.29 is 24.2 Å². The van der Waals surface area contributed by atoms with Gasteiger partial charge < -0.3 is 15.2 Å². The number of aliphatic carboxylic acids is 1. The molecule has 0 saturated heterocycles. The van der Waals surface area contributed by atoms with E-state index in [2.05, 4.69) is 92.1 Å². The highest BCUT2D eigenvalue weighted by molar-refractivity contribution is 5.80. The van der Waals surface area contributed by atoms with Gasteiger partial charge >= 0.3 is 11.9 Å². The van der Waals surface area contributed by atoms with E-state index >= 15 is 0 Å². The Kier molecular flexibility index (Phi) is 36.2. The largest absolute Gasteiger partial charge is 0.480 e. The zero-order valence-corrected chi connectivity index (χ0v) is 32.0. The molecule has 0 aromatic heterocycles. The minimum atomic E-state index is -1.02. The first-order chi connectivity index (χ1) is 24.5. The van der Waals surface area contributed by atoms with Crippen LogP contribution in [-0.4, -0.2) is 35.6 Å². The molecule has 0 radical (unpaired) electrons. The van der Waals surface area contributed by atoms with Crippen LogP contribution in [0.5, 0.6) is 0 Å². The van der Waals surface area contributed by atoms with Crippen LogP contribution in [0.25, 0.3) is 0 Å². The van der Waals surface area contributed by atoms with Crippen molar-refractivity contribution in [1.29, 1.82) is 0 Å². The standard InChI is InChI=1S/C44H73NO5/c1-3-5-7-9-11-13-14-15-16-17-18-19-20-21-22-23-25-31-35-39-44(49)50-41(36-32-28-24-12-10-8-6-4-2)37-33-29-26-27-30-34-38-42(46)45-40-43(47)48/h6,8,11-13,15-16,18-19,24,32,36,41H,3-5,7,9-10,14,17,20-23,25-31,33-35,37-40H2,1-2H3,(H,45,46)(H,47,48)/b8-6-,13-11-,16-15-,19-18-,24-12-,36-32-. The fourth-order valence-electron chi connectivity index (χ4n) is 5.39. The number of carbonyl (C=O) groups is 3. The third-order valence-corrected chi connectivity index (χ3v) is 8.35. The average molecular weight is 696 g/mol. The summed E-state index contributed by atoms with van der Waals surface area (Å²) in [5.41, 5.74) is 0. The van der Waals surface area contributed by atoms with Crippen molar-refractivity contribution in [3.63, 3.8) is 0 Å². The lowest BCUT2D eigenvalue weighted by Gasteiger charge is -2.14. The van der Waals surface area contributed by atoms with Crippen molar-refractivity contribution in [2.24, 2.45) is 0 Å². The van der Waals surface area contributed by atoms with E-state index in [1.165, 1.54) is 51.4 Å². The monoisotopic (exact) mass is 696 g/mol. The molecule has 2 N–H and O–H groups in total. The highest BCUT2D eigenvalue weighted by Gasteiger charge is 2.11. The number of ether oxygens (including phenoxy) is 1. The van der Waals surface area contributed by atoms with E-state index in [9.17, 15) is 14.4 Å². The van der Waals surface area contributed by atoms with E-state index in [4.69, 9.17) is 9.84 Å². The van der Waals surface area contributed by atoms with Gasteiger partial charge in [-0.15, -0.1) is 0 Å². The highest BCUT2D eigenvalue weighted by Crippen LogP contribution is 2.15. The zero-order chi connectivity index (χ0) is 36.6. The van der Waals surface area contributed by atoms with Crippen molar-refractivity contribution >= 4 is 17.8 Å². The number of esters is 1. The van der Waals surface area contributed by atoms with Gasteiger partial charge in [-0.3, -0.25) is 14.4 Å². The molecule has 1 unspecified atom stereocenters. The second-order valence-corrected chi connectivity index (χ2v) is 13.2. The van der Waals surface area contributed by atoms with E-state index in [0.29, 0.717) is 12.8 Å². The van der Waals surface area contributed by atoms with Crippen LogP contribution in [0.3, 0.4) is 0 Å². The van der Waals surface area contributed by atoms with E-state index < -0.39 is 5.97 Å². The van der Waals surface area contributed by atoms with Gasteiger partial charge in [0.2, 0.25) is 5.91 Å². The fraction of sp³-hybridized carbons (Fsp3) is 0.659. The number of carboxylic acids is 1. The van der Waals surface area contributed by atoms with Gasteiger partial charge in [0.1, 0.15) is 12.6 Å². The molecule has 1 amide bonds. The van der Waals surface area contributed by atoms with Gasteiger partial charge in [-0.1, -0.05) is 145 Å². The molecule has 50 heavy (non-hydrogen) atoms. The number of carboxylic acid groups (broad SMARTS) is 1. The Hall–Kier alpha value is -3.15. The van der Waals surface area contributed by atoms with Crippen LogP contribution in [0.15, 0.2) is 72.9 Å². The van der Waals surface area contributed by atoms with Gasteiger partial charge in [0.25, 0.3) is 0 Å². The van der Waals surface area contributed by atoms with Crippen LogP contribution in [0.1, 0.15) is 174 Å². The second-order valence-electron chi connectivity index (χ2n) is 13.2. The molecule has 6 nitrogen and oxygen atoms in total. The fourth-order valence-corrected chi connectivity index (χ4v) is 5.39. The summed E-state index contributed by atoms with van der Waals surface area (Å²) in [6.45, 7) is 4.06. The topological polar surface area (TPSA) is 92.7 Å². The Balaban J connectivity index is 4.17. The summed E-state index contributed by atoms with van der Waals surface area (Å²) in [6.07, 6.45) is 51.9. The maximum Gasteiger partial charge on any atom is 0.322 e. The minimum absolute atomic E-state index is 0.0942. The summed E-state index contributed by atoms with van der Waals surface area (Å²) >= 11 is 0. The number of unbranched alkanes of at least 4 members (excludes halogenated alkanes) is 14. The van der Waals surface area contributed by atoms with Crippen molar-refractivity contribution in [1.82, 2.24) is 5.32 Å². The molecule has 0 bridgehead atoms. The molecule has 0 aliphatic heterocycles. The molecule has 0 aromatic rings. The summed E-state index contributed by atoms with van der Waals surface area (Å²) < 4.78 is 5.90. The van der Waals surface area contributed by atoms with Crippen LogP contribution >= 0.6 is 0 Å². The number of nitrogens with one attached hydrogen (secondary N) is 1. The molecule has 0 saturated carbocycles. The molecule has 6 heteroatoms. The lowest BCUT2D eigenvalue weighted by molar-refractivity contribution is -0.147. The zero-order valence-electron chi connectivity index (χ0n) is 32.0. The summed E-state index contributed by atoms with van der Waals surface area (Å²) in [6, 6.07) is 0. The molecule has 0 rings (SSSR count). The molecule has 0 aromatic carbocycles. The Morgan fingerprint density at radius 2 is 1.04 bits per heavy atom. The lowest BCUT2D eigenvalue weighted by Crippen LogP contribution is -2.28. The molecule has 0 aliphatic rings. The third kappa shape index (κ3) is 37.7. The maximum absolute atomic E-state index is 12.7. The number of amides is 1. The first kappa shape index (κ1) is 46.9. The summed E-state index contributed by atoms with van der Waals surface area (Å²) in [5, 5.41) is 11.0.